The average Bonchev–Trinajstić information content (AvgIpc) is 3.97. The molecule has 10 aromatic carbocycles. The molecule has 7 heteroatoms. The van der Waals surface area contributed by atoms with Gasteiger partial charge >= 0.3 is 0 Å². The van der Waals surface area contributed by atoms with Gasteiger partial charge < -0.3 is 9.13 Å². The molecule has 0 N–H and O–H groups in total. The molecule has 0 saturated carbocycles. The van der Waals surface area contributed by atoms with Crippen LogP contribution in [0.15, 0.2) is 237 Å². The van der Waals surface area contributed by atoms with Crippen molar-refractivity contribution in [1.82, 2.24) is 24.1 Å². The summed E-state index contributed by atoms with van der Waals surface area (Å²) < 4.78 is 4.68. The third-order valence-corrected chi connectivity index (χ3v) is 13.7. The summed E-state index contributed by atoms with van der Waals surface area (Å²) in [5.41, 5.74) is 15.3. The lowest BCUT2D eigenvalue weighted by Gasteiger charge is -2.18. The predicted molar refractivity (Wildman–Crippen MR) is 292 cm³/mol. The minimum Gasteiger partial charge on any atom is -0.309 e. The Bertz CT molecular complexity index is 4180. The second-order valence-corrected chi connectivity index (χ2v) is 17.7. The van der Waals surface area contributed by atoms with Crippen LogP contribution in [0.25, 0.3) is 127 Å². The number of benzene rings is 10. The maximum Gasteiger partial charge on any atom is 0.194 e. The Morgan fingerprint density at radius 2 is 0.889 bits per heavy atom. The first-order chi connectivity index (χ1) is 35.6. The largest absolute Gasteiger partial charge is 0.309 e. The highest BCUT2D eigenvalue weighted by Gasteiger charge is 2.24. The topological polar surface area (TPSA) is 76.7 Å². The molecule has 13 rings (SSSR count). The molecule has 0 bridgehead atoms. The molecule has 0 unspecified atom stereocenters. The standard InChI is InChI=1S/C65H39N7/c1-67-57-30-15-13-26-50(57)46-33-36-54-53-35-32-45(49-25-12-11-22-47(49)41-66)39-60(53)72(61(54)40-46)59-37-34-44(51-28-17-29-55-52-27-14-16-31-58(52)71(62(51)55)48-23-9-4-10-24-48)38-56(59)65-69-63(42-18-5-2-6-19-42)68-64(70-65)43-20-7-3-8-21-43/h2-40H. The molecule has 0 atom stereocenters. The normalized spacial score (nSPS) is 11.3. The van der Waals surface area contributed by atoms with E-state index in [0.717, 1.165) is 99.7 Å². The fourth-order valence-electron chi connectivity index (χ4n) is 10.4. The third-order valence-electron chi connectivity index (χ3n) is 13.7. The summed E-state index contributed by atoms with van der Waals surface area (Å²) in [6, 6.07) is 83.3. The van der Waals surface area contributed by atoms with Crippen LogP contribution in [0.1, 0.15) is 5.56 Å². The second-order valence-electron chi connectivity index (χ2n) is 17.7. The van der Waals surface area contributed by atoms with Crippen LogP contribution in [-0.4, -0.2) is 24.1 Å². The molecular formula is C65H39N7. The summed E-state index contributed by atoms with van der Waals surface area (Å²) in [4.78, 5) is 19.8. The van der Waals surface area contributed by atoms with Crippen molar-refractivity contribution >= 4 is 49.3 Å². The van der Waals surface area contributed by atoms with Gasteiger partial charge in [0.05, 0.1) is 46.0 Å². The lowest BCUT2D eigenvalue weighted by Crippen LogP contribution is -2.04. The van der Waals surface area contributed by atoms with Gasteiger partial charge in [-0.3, -0.25) is 0 Å². The number of hydrogen-bond donors (Lipinski definition) is 0. The maximum atomic E-state index is 10.3. The monoisotopic (exact) mass is 917 g/mol. The van der Waals surface area contributed by atoms with E-state index < -0.39 is 0 Å². The minimum absolute atomic E-state index is 0.505. The Hall–Kier alpha value is -10.2. The lowest BCUT2D eigenvalue weighted by atomic mass is 9.98. The first-order valence-electron chi connectivity index (χ1n) is 23.8. The van der Waals surface area contributed by atoms with Crippen molar-refractivity contribution < 1.29 is 0 Å². The number of para-hydroxylation sites is 4. The van der Waals surface area contributed by atoms with Crippen LogP contribution >= 0.6 is 0 Å². The molecule has 0 spiro atoms. The van der Waals surface area contributed by atoms with Crippen LogP contribution in [0, 0.1) is 17.9 Å². The van der Waals surface area contributed by atoms with Crippen LogP contribution in [-0.2, 0) is 0 Å². The van der Waals surface area contributed by atoms with Gasteiger partial charge in [0.1, 0.15) is 0 Å². The van der Waals surface area contributed by atoms with Crippen molar-refractivity contribution in [2.24, 2.45) is 0 Å². The van der Waals surface area contributed by atoms with Crippen molar-refractivity contribution in [2.75, 3.05) is 0 Å². The minimum atomic E-state index is 0.505. The van der Waals surface area contributed by atoms with Crippen LogP contribution in [0.5, 0.6) is 0 Å². The molecule has 0 saturated heterocycles. The van der Waals surface area contributed by atoms with Gasteiger partial charge in [0.25, 0.3) is 0 Å². The van der Waals surface area contributed by atoms with Gasteiger partial charge in [0, 0.05) is 49.5 Å². The quantitative estimate of drug-likeness (QED) is 0.142. The molecule has 0 radical (unpaired) electrons. The summed E-state index contributed by atoms with van der Waals surface area (Å²) in [5, 5.41) is 14.7. The SMILES string of the molecule is [C-]#[N+]c1ccccc1-c1ccc2c3ccc(-c4ccccc4C#N)cc3n(-c3ccc(-c4cccc5c6ccccc6n(-c6ccccc6)c45)cc3-c3nc(-c4ccccc4)nc(-c4ccccc4)n3)c2c1. The van der Waals surface area contributed by atoms with Crippen molar-refractivity contribution in [1.29, 1.82) is 5.26 Å². The van der Waals surface area contributed by atoms with Gasteiger partial charge in [-0.2, -0.15) is 5.26 Å². The van der Waals surface area contributed by atoms with Crippen molar-refractivity contribution in [2.45, 2.75) is 0 Å². The Kier molecular flexibility index (Phi) is 10.1. The Labute approximate surface area is 415 Å². The molecule has 3 heterocycles. The van der Waals surface area contributed by atoms with Gasteiger partial charge in [-0.05, 0) is 76.3 Å². The fourth-order valence-corrected chi connectivity index (χ4v) is 10.4. The van der Waals surface area contributed by atoms with Gasteiger partial charge in [-0.1, -0.05) is 188 Å². The third kappa shape index (κ3) is 7.00. The Morgan fingerprint density at radius 3 is 1.57 bits per heavy atom. The van der Waals surface area contributed by atoms with Crippen LogP contribution in [0.3, 0.4) is 0 Å². The van der Waals surface area contributed by atoms with Crippen molar-refractivity contribution in [3.05, 3.63) is 254 Å². The van der Waals surface area contributed by atoms with E-state index in [4.69, 9.17) is 21.5 Å². The highest BCUT2D eigenvalue weighted by Crippen LogP contribution is 2.44. The molecule has 0 fully saturated rings. The predicted octanol–water partition coefficient (Wildman–Crippen LogP) is 16.5. The summed E-state index contributed by atoms with van der Waals surface area (Å²) in [5.74, 6) is 1.61. The number of nitrogens with zero attached hydrogens (tertiary/aromatic N) is 7. The molecule has 7 nitrogen and oxygen atoms in total. The van der Waals surface area contributed by atoms with E-state index in [9.17, 15) is 5.26 Å². The van der Waals surface area contributed by atoms with Gasteiger partial charge in [-0.15, -0.1) is 0 Å². The number of nitriles is 1. The highest BCUT2D eigenvalue weighted by atomic mass is 15.1. The molecule has 72 heavy (non-hydrogen) atoms. The Morgan fingerprint density at radius 1 is 0.375 bits per heavy atom. The zero-order valence-electron chi connectivity index (χ0n) is 38.6. The zero-order valence-corrected chi connectivity index (χ0v) is 38.6. The number of fused-ring (bicyclic) bond motifs is 6. The number of hydrogen-bond acceptors (Lipinski definition) is 4. The molecule has 0 aliphatic rings. The summed E-state index contributed by atoms with van der Waals surface area (Å²) in [6.07, 6.45) is 0. The first-order valence-corrected chi connectivity index (χ1v) is 23.8. The van der Waals surface area contributed by atoms with E-state index >= 15 is 0 Å². The van der Waals surface area contributed by atoms with Crippen molar-refractivity contribution in [3.63, 3.8) is 0 Å². The van der Waals surface area contributed by atoms with E-state index in [1.165, 1.54) is 5.39 Å². The van der Waals surface area contributed by atoms with E-state index in [0.29, 0.717) is 28.7 Å². The average molecular weight is 918 g/mol. The summed E-state index contributed by atoms with van der Waals surface area (Å²) >= 11 is 0. The fraction of sp³-hybridized carbons (Fsp3) is 0. The molecular weight excluding hydrogens is 879 g/mol. The number of aromatic nitrogens is 5. The number of rotatable bonds is 8. The molecule has 13 aromatic rings. The highest BCUT2D eigenvalue weighted by molar-refractivity contribution is 6.15. The molecule has 3 aromatic heterocycles. The van der Waals surface area contributed by atoms with E-state index in [2.05, 4.69) is 147 Å². The van der Waals surface area contributed by atoms with Gasteiger partial charge in [-0.25, -0.2) is 19.8 Å². The maximum absolute atomic E-state index is 10.3. The second kappa shape index (κ2) is 17.4. The van der Waals surface area contributed by atoms with E-state index in [1.807, 2.05) is 109 Å². The summed E-state index contributed by atoms with van der Waals surface area (Å²) in [6.45, 7) is 8.09. The van der Waals surface area contributed by atoms with Crippen molar-refractivity contribution in [3.8, 4) is 85.0 Å². The molecule has 334 valence electrons. The smallest absolute Gasteiger partial charge is 0.194 e. The lowest BCUT2D eigenvalue weighted by molar-refractivity contribution is 1.06. The van der Waals surface area contributed by atoms with Crippen LogP contribution < -0.4 is 0 Å². The van der Waals surface area contributed by atoms with Gasteiger partial charge in [0.15, 0.2) is 23.2 Å². The van der Waals surface area contributed by atoms with Gasteiger partial charge in [0.2, 0.25) is 0 Å². The molecule has 0 aliphatic carbocycles. The van der Waals surface area contributed by atoms with E-state index in [1.54, 1.807) is 0 Å². The van der Waals surface area contributed by atoms with Crippen LogP contribution in [0.4, 0.5) is 5.69 Å². The zero-order chi connectivity index (χ0) is 48.1. The molecule has 0 aliphatic heterocycles. The summed E-state index contributed by atoms with van der Waals surface area (Å²) in [7, 11) is 0. The first kappa shape index (κ1) is 41.9. The molecule has 0 amide bonds. The Balaban J connectivity index is 1.16. The van der Waals surface area contributed by atoms with E-state index in [-0.39, 0.29) is 0 Å². The van der Waals surface area contributed by atoms with Crippen LogP contribution in [0.2, 0.25) is 0 Å².